The van der Waals surface area contributed by atoms with Crippen molar-refractivity contribution in [1.82, 2.24) is 9.80 Å². The number of nitrogens with zero attached hydrogens (tertiary/aromatic N) is 2. The fraction of sp³-hybridized carbons (Fsp3) is 0.429. The van der Waals surface area contributed by atoms with E-state index in [2.05, 4.69) is 4.90 Å². The molecule has 1 aliphatic rings. The minimum Gasteiger partial charge on any atom is -0.466 e. The number of esters is 1. The fourth-order valence-electron chi connectivity index (χ4n) is 3.56. The van der Waals surface area contributed by atoms with E-state index < -0.39 is 6.04 Å². The molecule has 0 radical (unpaired) electrons. The van der Waals surface area contributed by atoms with E-state index in [-0.39, 0.29) is 11.9 Å². The van der Waals surface area contributed by atoms with Crippen molar-refractivity contribution in [3.05, 3.63) is 58.0 Å². The first-order valence-corrected chi connectivity index (χ1v) is 9.81. The molecule has 1 atom stereocenters. The summed E-state index contributed by atoms with van der Waals surface area (Å²) >= 11 is 5.99. The number of benzene rings is 1. The number of hydrogen-bond donors (Lipinski definition) is 0. The lowest BCUT2D eigenvalue weighted by Gasteiger charge is -2.38. The molecule has 1 saturated heterocycles. The molecule has 7 heteroatoms. The number of aryl methyl sites for hydroxylation is 2. The average molecular weight is 405 g/mol. The molecule has 3 rings (SSSR count). The van der Waals surface area contributed by atoms with Gasteiger partial charge in [0, 0.05) is 31.2 Å². The summed E-state index contributed by atoms with van der Waals surface area (Å²) in [5, 5.41) is 0.618. The first kappa shape index (κ1) is 20.4. The van der Waals surface area contributed by atoms with E-state index in [4.69, 9.17) is 20.8 Å². The standard InChI is InChI=1S/C21H25ClN2O4/c1-4-27-21(26)19(16-5-7-17(22)8-6-16)23-9-11-24(12-10-23)20(25)18-13-14(2)28-15(18)3/h5-8,13,19H,4,9-12H2,1-3H3/t19-/m0/s1. The molecule has 0 N–H and O–H groups in total. The van der Waals surface area contributed by atoms with E-state index in [0.29, 0.717) is 49.1 Å². The van der Waals surface area contributed by atoms with Crippen LogP contribution in [-0.2, 0) is 9.53 Å². The number of piperazine rings is 1. The van der Waals surface area contributed by atoms with Gasteiger partial charge in [-0.25, -0.2) is 4.79 Å². The Morgan fingerprint density at radius 1 is 1.14 bits per heavy atom. The highest BCUT2D eigenvalue weighted by molar-refractivity contribution is 6.30. The van der Waals surface area contributed by atoms with E-state index in [0.717, 1.165) is 11.3 Å². The van der Waals surface area contributed by atoms with Crippen LogP contribution in [-0.4, -0.2) is 54.5 Å². The van der Waals surface area contributed by atoms with Crippen LogP contribution in [0.15, 0.2) is 34.7 Å². The number of halogens is 1. The quantitative estimate of drug-likeness (QED) is 0.712. The third kappa shape index (κ3) is 4.39. The molecule has 1 fully saturated rings. The molecular weight excluding hydrogens is 380 g/mol. The van der Waals surface area contributed by atoms with Gasteiger partial charge in [-0.1, -0.05) is 23.7 Å². The Morgan fingerprint density at radius 3 is 2.32 bits per heavy atom. The molecule has 2 aromatic rings. The molecule has 28 heavy (non-hydrogen) atoms. The zero-order valence-electron chi connectivity index (χ0n) is 16.4. The normalized spacial score (nSPS) is 16.1. The van der Waals surface area contributed by atoms with E-state index in [1.54, 1.807) is 36.9 Å². The van der Waals surface area contributed by atoms with Crippen LogP contribution in [0.25, 0.3) is 0 Å². The minimum absolute atomic E-state index is 0.0341. The maximum atomic E-state index is 12.8. The highest BCUT2D eigenvalue weighted by Crippen LogP contribution is 2.26. The van der Waals surface area contributed by atoms with Crippen molar-refractivity contribution >= 4 is 23.5 Å². The summed E-state index contributed by atoms with van der Waals surface area (Å²) < 4.78 is 10.8. The summed E-state index contributed by atoms with van der Waals surface area (Å²) in [7, 11) is 0. The number of carbonyl (C=O) groups is 2. The van der Waals surface area contributed by atoms with Crippen molar-refractivity contribution < 1.29 is 18.7 Å². The summed E-state index contributed by atoms with van der Waals surface area (Å²) in [6.45, 7) is 7.97. The number of amides is 1. The third-order valence-corrected chi connectivity index (χ3v) is 5.19. The van der Waals surface area contributed by atoms with Crippen LogP contribution >= 0.6 is 11.6 Å². The van der Waals surface area contributed by atoms with Gasteiger partial charge in [-0.2, -0.15) is 0 Å². The minimum atomic E-state index is -0.507. The molecule has 1 aromatic carbocycles. The zero-order chi connectivity index (χ0) is 20.3. The molecule has 6 nitrogen and oxygen atoms in total. The Hall–Kier alpha value is -2.31. The highest BCUT2D eigenvalue weighted by atomic mass is 35.5. The van der Waals surface area contributed by atoms with Crippen molar-refractivity contribution in [1.29, 1.82) is 0 Å². The lowest BCUT2D eigenvalue weighted by molar-refractivity contribution is -0.150. The number of furan rings is 1. The maximum Gasteiger partial charge on any atom is 0.328 e. The monoisotopic (exact) mass is 404 g/mol. The number of ether oxygens (including phenoxy) is 1. The third-order valence-electron chi connectivity index (χ3n) is 4.93. The second-order valence-electron chi connectivity index (χ2n) is 6.86. The van der Waals surface area contributed by atoms with Crippen molar-refractivity contribution in [3.63, 3.8) is 0 Å². The molecular formula is C21H25ClN2O4. The average Bonchev–Trinajstić information content (AvgIpc) is 3.02. The van der Waals surface area contributed by atoms with Gasteiger partial charge in [-0.05, 0) is 44.5 Å². The summed E-state index contributed by atoms with van der Waals surface area (Å²) in [6.07, 6.45) is 0. The molecule has 1 aliphatic heterocycles. The van der Waals surface area contributed by atoms with Crippen LogP contribution in [0, 0.1) is 13.8 Å². The van der Waals surface area contributed by atoms with Crippen LogP contribution in [0.3, 0.4) is 0 Å². The smallest absolute Gasteiger partial charge is 0.328 e. The van der Waals surface area contributed by atoms with E-state index >= 15 is 0 Å². The molecule has 1 aromatic heterocycles. The summed E-state index contributed by atoms with van der Waals surface area (Å²) in [4.78, 5) is 29.3. The summed E-state index contributed by atoms with van der Waals surface area (Å²) in [5.74, 6) is 1.04. The van der Waals surface area contributed by atoms with Crippen LogP contribution in [0.5, 0.6) is 0 Å². The SMILES string of the molecule is CCOC(=O)[C@H](c1ccc(Cl)cc1)N1CCN(C(=O)c2cc(C)oc2C)CC1. The molecule has 0 aliphatic carbocycles. The van der Waals surface area contributed by atoms with Crippen LogP contribution < -0.4 is 0 Å². The maximum absolute atomic E-state index is 12.8. The predicted octanol–water partition coefficient (Wildman–Crippen LogP) is 3.61. The Balaban J connectivity index is 1.72. The van der Waals surface area contributed by atoms with Gasteiger partial charge in [0.25, 0.3) is 5.91 Å². The Kier molecular flexibility index (Phi) is 6.42. The molecule has 0 spiro atoms. The highest BCUT2D eigenvalue weighted by Gasteiger charge is 2.33. The zero-order valence-corrected chi connectivity index (χ0v) is 17.2. The van der Waals surface area contributed by atoms with Gasteiger partial charge < -0.3 is 14.1 Å². The molecule has 0 unspecified atom stereocenters. The predicted molar refractivity (Wildman–Crippen MR) is 106 cm³/mol. The van der Waals surface area contributed by atoms with Gasteiger partial charge in [-0.15, -0.1) is 0 Å². The lowest BCUT2D eigenvalue weighted by atomic mass is 10.0. The van der Waals surface area contributed by atoms with E-state index in [1.807, 2.05) is 19.1 Å². The second kappa shape index (κ2) is 8.80. The van der Waals surface area contributed by atoms with E-state index in [9.17, 15) is 9.59 Å². The van der Waals surface area contributed by atoms with Gasteiger partial charge in [0.1, 0.15) is 17.6 Å². The molecule has 0 bridgehead atoms. The first-order chi connectivity index (χ1) is 13.4. The van der Waals surface area contributed by atoms with Crippen molar-refractivity contribution in [2.45, 2.75) is 26.8 Å². The van der Waals surface area contributed by atoms with Crippen molar-refractivity contribution in [2.24, 2.45) is 0 Å². The first-order valence-electron chi connectivity index (χ1n) is 9.43. The Morgan fingerprint density at radius 2 is 1.79 bits per heavy atom. The van der Waals surface area contributed by atoms with Gasteiger partial charge in [0.05, 0.1) is 12.2 Å². The Bertz CT molecular complexity index is 839. The number of rotatable bonds is 5. The van der Waals surface area contributed by atoms with Gasteiger partial charge in [-0.3, -0.25) is 9.69 Å². The molecule has 1 amide bonds. The van der Waals surface area contributed by atoms with Gasteiger partial charge in [0.15, 0.2) is 0 Å². The number of carbonyl (C=O) groups excluding carboxylic acids is 2. The summed E-state index contributed by atoms with van der Waals surface area (Å²) in [5.41, 5.74) is 1.44. The van der Waals surface area contributed by atoms with E-state index in [1.165, 1.54) is 0 Å². The van der Waals surface area contributed by atoms with Crippen LogP contribution in [0.2, 0.25) is 5.02 Å². The number of hydrogen-bond acceptors (Lipinski definition) is 5. The van der Waals surface area contributed by atoms with Crippen LogP contribution in [0.4, 0.5) is 0 Å². The lowest BCUT2D eigenvalue weighted by Crippen LogP contribution is -2.51. The molecule has 150 valence electrons. The van der Waals surface area contributed by atoms with Gasteiger partial charge >= 0.3 is 5.97 Å². The fourth-order valence-corrected chi connectivity index (χ4v) is 3.68. The van der Waals surface area contributed by atoms with Gasteiger partial charge in [0.2, 0.25) is 0 Å². The Labute approximate surface area is 170 Å². The molecule has 2 heterocycles. The second-order valence-corrected chi connectivity index (χ2v) is 7.30. The topological polar surface area (TPSA) is 63.0 Å². The summed E-state index contributed by atoms with van der Waals surface area (Å²) in [6, 6.07) is 8.50. The molecule has 0 saturated carbocycles. The van der Waals surface area contributed by atoms with Crippen LogP contribution in [0.1, 0.15) is 40.4 Å². The van der Waals surface area contributed by atoms with Crippen molar-refractivity contribution in [3.8, 4) is 0 Å². The van der Waals surface area contributed by atoms with Crippen molar-refractivity contribution in [2.75, 3.05) is 32.8 Å². The largest absolute Gasteiger partial charge is 0.466 e.